The average Bonchev–Trinajstić information content (AvgIpc) is 2.28. The minimum Gasteiger partial charge on any atom is -0.398 e. The Labute approximate surface area is 111 Å². The van der Waals surface area contributed by atoms with Crippen molar-refractivity contribution in [3.8, 4) is 0 Å². The van der Waals surface area contributed by atoms with E-state index in [1.54, 1.807) is 18.2 Å². The summed E-state index contributed by atoms with van der Waals surface area (Å²) in [5.74, 6) is -0.302. The molecular weight excluding hydrogens is 248 g/mol. The summed E-state index contributed by atoms with van der Waals surface area (Å²) in [6, 6.07) is 12.5. The molecule has 0 aliphatic heterocycles. The molecule has 0 spiro atoms. The van der Waals surface area contributed by atoms with Gasteiger partial charge in [0.1, 0.15) is 0 Å². The van der Waals surface area contributed by atoms with Crippen molar-refractivity contribution in [1.82, 2.24) is 0 Å². The Balaban J connectivity index is 2.28. The van der Waals surface area contributed by atoms with Gasteiger partial charge in [0.2, 0.25) is 0 Å². The summed E-state index contributed by atoms with van der Waals surface area (Å²) in [5, 5.41) is 3.12. The van der Waals surface area contributed by atoms with Crippen molar-refractivity contribution in [1.29, 1.82) is 0 Å². The standard InChI is InChI=1S/C14H13ClN2O/c1-9-4-2-5-10(8-9)17-14(18)13-11(15)6-3-7-12(13)16/h2-8H,16H2,1H3,(H,17,18). The molecule has 0 atom stereocenters. The van der Waals surface area contributed by atoms with Crippen LogP contribution in [0.5, 0.6) is 0 Å². The van der Waals surface area contributed by atoms with E-state index in [0.717, 1.165) is 11.3 Å². The number of amides is 1. The number of carbonyl (C=O) groups excluding carboxylic acids is 1. The molecule has 2 aromatic rings. The molecule has 0 aromatic heterocycles. The highest BCUT2D eigenvalue weighted by atomic mass is 35.5. The van der Waals surface area contributed by atoms with Crippen LogP contribution in [-0.2, 0) is 0 Å². The fourth-order valence-corrected chi connectivity index (χ4v) is 1.96. The third-order valence-corrected chi connectivity index (χ3v) is 2.86. The lowest BCUT2D eigenvalue weighted by Gasteiger charge is -2.09. The van der Waals surface area contributed by atoms with E-state index in [1.807, 2.05) is 31.2 Å². The summed E-state index contributed by atoms with van der Waals surface area (Å²) in [7, 11) is 0. The lowest BCUT2D eigenvalue weighted by molar-refractivity contribution is 0.102. The number of carbonyl (C=O) groups is 1. The molecule has 4 heteroatoms. The number of nitrogen functional groups attached to an aromatic ring is 1. The van der Waals surface area contributed by atoms with Gasteiger partial charge in [-0.3, -0.25) is 4.79 Å². The van der Waals surface area contributed by atoms with Gasteiger partial charge in [-0.15, -0.1) is 0 Å². The molecule has 0 bridgehead atoms. The molecule has 0 aliphatic rings. The normalized spacial score (nSPS) is 10.1. The van der Waals surface area contributed by atoms with E-state index in [2.05, 4.69) is 5.32 Å². The number of halogens is 1. The van der Waals surface area contributed by atoms with Gasteiger partial charge >= 0.3 is 0 Å². The first-order valence-electron chi connectivity index (χ1n) is 5.50. The summed E-state index contributed by atoms with van der Waals surface area (Å²) in [4.78, 5) is 12.1. The van der Waals surface area contributed by atoms with Gasteiger partial charge in [-0.25, -0.2) is 0 Å². The molecular formula is C14H13ClN2O. The van der Waals surface area contributed by atoms with E-state index < -0.39 is 0 Å². The number of aryl methyl sites for hydroxylation is 1. The Morgan fingerprint density at radius 1 is 1.22 bits per heavy atom. The van der Waals surface area contributed by atoms with Crippen molar-refractivity contribution in [2.24, 2.45) is 0 Å². The summed E-state index contributed by atoms with van der Waals surface area (Å²) < 4.78 is 0. The van der Waals surface area contributed by atoms with Crippen LogP contribution in [-0.4, -0.2) is 5.91 Å². The Bertz CT molecular complexity index is 576. The van der Waals surface area contributed by atoms with Crippen molar-refractivity contribution in [2.75, 3.05) is 11.1 Å². The minimum atomic E-state index is -0.302. The average molecular weight is 261 g/mol. The first-order valence-corrected chi connectivity index (χ1v) is 5.88. The third-order valence-electron chi connectivity index (χ3n) is 2.55. The molecule has 0 heterocycles. The molecule has 2 rings (SSSR count). The van der Waals surface area contributed by atoms with Crippen LogP contribution in [0.2, 0.25) is 5.02 Å². The topological polar surface area (TPSA) is 55.1 Å². The van der Waals surface area contributed by atoms with Crippen LogP contribution in [0.25, 0.3) is 0 Å². The van der Waals surface area contributed by atoms with Crippen LogP contribution in [0.4, 0.5) is 11.4 Å². The summed E-state index contributed by atoms with van der Waals surface area (Å²) in [5.41, 5.74) is 8.23. The van der Waals surface area contributed by atoms with Gasteiger partial charge in [-0.05, 0) is 36.8 Å². The summed E-state index contributed by atoms with van der Waals surface area (Å²) in [6.07, 6.45) is 0. The van der Waals surface area contributed by atoms with Gasteiger partial charge in [0.05, 0.1) is 10.6 Å². The Morgan fingerprint density at radius 2 is 1.94 bits per heavy atom. The Hall–Kier alpha value is -2.00. The van der Waals surface area contributed by atoms with Crippen LogP contribution in [0.15, 0.2) is 42.5 Å². The number of benzene rings is 2. The van der Waals surface area contributed by atoms with Crippen molar-refractivity contribution in [2.45, 2.75) is 6.92 Å². The van der Waals surface area contributed by atoms with E-state index in [1.165, 1.54) is 0 Å². The lowest BCUT2D eigenvalue weighted by atomic mass is 10.1. The van der Waals surface area contributed by atoms with Crippen molar-refractivity contribution in [3.05, 3.63) is 58.6 Å². The molecule has 0 aliphatic carbocycles. The predicted octanol–water partition coefficient (Wildman–Crippen LogP) is 3.48. The second-order valence-corrected chi connectivity index (χ2v) is 4.43. The van der Waals surface area contributed by atoms with E-state index in [-0.39, 0.29) is 5.91 Å². The van der Waals surface area contributed by atoms with E-state index in [9.17, 15) is 4.79 Å². The molecule has 0 fully saturated rings. The van der Waals surface area contributed by atoms with Crippen molar-refractivity contribution >= 4 is 28.9 Å². The van der Waals surface area contributed by atoms with Gasteiger partial charge in [0.15, 0.2) is 0 Å². The predicted molar refractivity (Wildman–Crippen MR) is 75.0 cm³/mol. The molecule has 3 nitrogen and oxygen atoms in total. The van der Waals surface area contributed by atoms with Gasteiger partial charge < -0.3 is 11.1 Å². The largest absolute Gasteiger partial charge is 0.398 e. The minimum absolute atomic E-state index is 0.302. The molecule has 18 heavy (non-hydrogen) atoms. The zero-order chi connectivity index (χ0) is 13.1. The summed E-state index contributed by atoms with van der Waals surface area (Å²) >= 11 is 5.98. The molecule has 1 amide bonds. The van der Waals surface area contributed by atoms with Crippen LogP contribution < -0.4 is 11.1 Å². The number of hydrogen-bond acceptors (Lipinski definition) is 2. The first-order chi connectivity index (χ1) is 8.58. The fraction of sp³-hybridized carbons (Fsp3) is 0.0714. The van der Waals surface area contributed by atoms with Crippen molar-refractivity contribution in [3.63, 3.8) is 0 Å². The quantitative estimate of drug-likeness (QED) is 0.812. The smallest absolute Gasteiger partial charge is 0.259 e. The first kappa shape index (κ1) is 12.5. The summed E-state index contributed by atoms with van der Waals surface area (Å²) in [6.45, 7) is 1.96. The van der Waals surface area contributed by atoms with Gasteiger partial charge in [-0.1, -0.05) is 29.8 Å². The maximum Gasteiger partial charge on any atom is 0.259 e. The molecule has 2 aromatic carbocycles. The van der Waals surface area contributed by atoms with Gasteiger partial charge in [0, 0.05) is 11.4 Å². The van der Waals surface area contributed by atoms with Crippen LogP contribution >= 0.6 is 11.6 Å². The molecule has 0 unspecified atom stereocenters. The Kier molecular flexibility index (Phi) is 3.53. The van der Waals surface area contributed by atoms with Gasteiger partial charge in [0.25, 0.3) is 5.91 Å². The van der Waals surface area contributed by atoms with Crippen LogP contribution in [0, 0.1) is 6.92 Å². The zero-order valence-corrected chi connectivity index (χ0v) is 10.7. The third kappa shape index (κ3) is 2.63. The highest BCUT2D eigenvalue weighted by Crippen LogP contribution is 2.23. The second kappa shape index (κ2) is 5.10. The highest BCUT2D eigenvalue weighted by Gasteiger charge is 2.13. The Morgan fingerprint density at radius 3 is 2.61 bits per heavy atom. The lowest BCUT2D eigenvalue weighted by Crippen LogP contribution is -2.14. The molecule has 3 N–H and O–H groups in total. The molecule has 0 saturated heterocycles. The van der Waals surface area contributed by atoms with Crippen LogP contribution in [0.3, 0.4) is 0 Å². The maximum absolute atomic E-state index is 12.1. The van der Waals surface area contributed by atoms with E-state index in [4.69, 9.17) is 17.3 Å². The van der Waals surface area contributed by atoms with Crippen LogP contribution in [0.1, 0.15) is 15.9 Å². The number of nitrogens with two attached hydrogens (primary N) is 1. The zero-order valence-electron chi connectivity index (χ0n) is 9.91. The van der Waals surface area contributed by atoms with Gasteiger partial charge in [-0.2, -0.15) is 0 Å². The number of rotatable bonds is 2. The number of anilines is 2. The highest BCUT2D eigenvalue weighted by molar-refractivity contribution is 6.35. The fourth-order valence-electron chi connectivity index (χ4n) is 1.70. The monoisotopic (exact) mass is 260 g/mol. The maximum atomic E-state index is 12.1. The molecule has 92 valence electrons. The SMILES string of the molecule is Cc1cccc(NC(=O)c2c(N)cccc2Cl)c1. The molecule has 0 radical (unpaired) electrons. The number of nitrogens with one attached hydrogen (secondary N) is 1. The molecule has 0 saturated carbocycles. The van der Waals surface area contributed by atoms with E-state index in [0.29, 0.717) is 16.3 Å². The van der Waals surface area contributed by atoms with Crippen molar-refractivity contribution < 1.29 is 4.79 Å². The van der Waals surface area contributed by atoms with E-state index >= 15 is 0 Å². The second-order valence-electron chi connectivity index (χ2n) is 4.03. The number of hydrogen-bond donors (Lipinski definition) is 2.